The van der Waals surface area contributed by atoms with Gasteiger partial charge in [0, 0.05) is 22.5 Å². The summed E-state index contributed by atoms with van der Waals surface area (Å²) < 4.78 is 5.68. The van der Waals surface area contributed by atoms with E-state index in [4.69, 9.17) is 16.3 Å². The number of halogens is 1. The minimum atomic E-state index is -0.223. The maximum Gasteiger partial charge on any atom is 0.262 e. The predicted molar refractivity (Wildman–Crippen MR) is 110 cm³/mol. The van der Waals surface area contributed by atoms with Gasteiger partial charge in [0.15, 0.2) is 6.61 Å². The Balaban J connectivity index is 1.68. The first-order valence-corrected chi connectivity index (χ1v) is 8.87. The lowest BCUT2D eigenvalue weighted by Gasteiger charge is -2.09. The van der Waals surface area contributed by atoms with Gasteiger partial charge in [-0.25, -0.2) is 0 Å². The van der Waals surface area contributed by atoms with Crippen molar-refractivity contribution in [2.75, 3.05) is 11.9 Å². The molecule has 0 atom stereocenters. The second-order valence-electron chi connectivity index (χ2n) is 5.88. The molecule has 3 aromatic carbocycles. The summed E-state index contributed by atoms with van der Waals surface area (Å²) in [6, 6.07) is 22.3. The van der Waals surface area contributed by atoms with Gasteiger partial charge in [-0.1, -0.05) is 48.0 Å². The zero-order valence-electron chi connectivity index (χ0n) is 14.9. The first-order valence-electron chi connectivity index (χ1n) is 8.49. The summed E-state index contributed by atoms with van der Waals surface area (Å²) in [6.07, 6.45) is 1.71. The van der Waals surface area contributed by atoms with Crippen molar-refractivity contribution in [3.8, 4) is 5.75 Å². The number of rotatable bonds is 6. The molecule has 0 saturated carbocycles. The minimum Gasteiger partial charge on any atom is -0.483 e. The van der Waals surface area contributed by atoms with Crippen LogP contribution in [-0.2, 0) is 4.79 Å². The lowest BCUT2D eigenvalue weighted by molar-refractivity contribution is -0.118. The van der Waals surface area contributed by atoms with Crippen molar-refractivity contribution >= 4 is 35.1 Å². The van der Waals surface area contributed by atoms with Gasteiger partial charge in [0.1, 0.15) is 5.75 Å². The van der Waals surface area contributed by atoms with Gasteiger partial charge in [-0.3, -0.25) is 9.79 Å². The van der Waals surface area contributed by atoms with Gasteiger partial charge in [-0.05, 0) is 48.9 Å². The van der Waals surface area contributed by atoms with Gasteiger partial charge in [0.25, 0.3) is 5.91 Å². The summed E-state index contributed by atoms with van der Waals surface area (Å²) in [7, 11) is 0. The van der Waals surface area contributed by atoms with Crippen LogP contribution in [0.25, 0.3) is 0 Å². The van der Waals surface area contributed by atoms with Crippen molar-refractivity contribution in [1.82, 2.24) is 0 Å². The Kier molecular flexibility index (Phi) is 6.23. The van der Waals surface area contributed by atoms with Crippen LogP contribution in [0.4, 0.5) is 11.4 Å². The molecule has 0 saturated heterocycles. The molecule has 3 aromatic rings. The number of carbonyl (C=O) groups is 1. The summed E-state index contributed by atoms with van der Waals surface area (Å²) in [4.78, 5) is 16.6. The minimum absolute atomic E-state index is 0.0874. The molecule has 0 aliphatic rings. The number of hydrogen-bond donors (Lipinski definition) is 1. The van der Waals surface area contributed by atoms with Crippen molar-refractivity contribution in [3.63, 3.8) is 0 Å². The Morgan fingerprint density at radius 3 is 2.59 bits per heavy atom. The van der Waals surface area contributed by atoms with Gasteiger partial charge in [-0.15, -0.1) is 0 Å². The predicted octanol–water partition coefficient (Wildman–Crippen LogP) is 5.42. The molecule has 0 aliphatic heterocycles. The van der Waals surface area contributed by atoms with E-state index in [0.717, 1.165) is 22.5 Å². The van der Waals surface area contributed by atoms with E-state index in [1.807, 2.05) is 79.7 Å². The highest BCUT2D eigenvalue weighted by atomic mass is 35.5. The van der Waals surface area contributed by atoms with Crippen LogP contribution in [-0.4, -0.2) is 18.7 Å². The lowest BCUT2D eigenvalue weighted by atomic mass is 10.2. The van der Waals surface area contributed by atoms with Gasteiger partial charge < -0.3 is 10.1 Å². The van der Waals surface area contributed by atoms with E-state index in [0.29, 0.717) is 10.8 Å². The number of amides is 1. The highest BCUT2D eigenvalue weighted by molar-refractivity contribution is 6.31. The van der Waals surface area contributed by atoms with Crippen LogP contribution in [0.15, 0.2) is 77.8 Å². The Labute approximate surface area is 163 Å². The van der Waals surface area contributed by atoms with Crippen LogP contribution in [0.5, 0.6) is 5.75 Å². The molecule has 136 valence electrons. The van der Waals surface area contributed by atoms with Crippen LogP contribution < -0.4 is 10.1 Å². The number of anilines is 1. The van der Waals surface area contributed by atoms with Crippen LogP contribution in [0.2, 0.25) is 5.02 Å². The maximum atomic E-state index is 12.1. The fraction of sp³-hybridized carbons (Fsp3) is 0.0909. The second-order valence-corrected chi connectivity index (χ2v) is 6.29. The van der Waals surface area contributed by atoms with Gasteiger partial charge in [0.05, 0.1) is 5.69 Å². The molecular weight excluding hydrogens is 360 g/mol. The maximum absolute atomic E-state index is 12.1. The average Bonchev–Trinajstić information content (AvgIpc) is 2.69. The zero-order chi connectivity index (χ0) is 19.1. The Hall–Kier alpha value is -3.11. The summed E-state index contributed by atoms with van der Waals surface area (Å²) in [5, 5.41) is 3.46. The SMILES string of the molecule is Cc1c(Cl)cccc1N=Cc1ccccc1OCC(=O)Nc1ccccc1. The largest absolute Gasteiger partial charge is 0.483 e. The van der Waals surface area contributed by atoms with E-state index in [-0.39, 0.29) is 12.5 Å². The monoisotopic (exact) mass is 378 g/mol. The number of hydrogen-bond acceptors (Lipinski definition) is 3. The topological polar surface area (TPSA) is 50.7 Å². The first kappa shape index (κ1) is 18.7. The molecule has 5 heteroatoms. The number of para-hydroxylation sites is 2. The molecule has 0 radical (unpaired) electrons. The number of benzene rings is 3. The quantitative estimate of drug-likeness (QED) is 0.582. The molecule has 0 aromatic heterocycles. The van der Waals surface area contributed by atoms with E-state index in [1.165, 1.54) is 0 Å². The van der Waals surface area contributed by atoms with Crippen LogP contribution in [0.1, 0.15) is 11.1 Å². The number of aliphatic imine (C=N–C) groups is 1. The smallest absolute Gasteiger partial charge is 0.262 e. The van der Waals surface area contributed by atoms with E-state index in [9.17, 15) is 4.79 Å². The standard InChI is InChI=1S/C22H19ClN2O2/c1-16-19(23)11-7-12-20(16)24-14-17-8-5-6-13-21(17)27-15-22(26)25-18-9-3-2-4-10-18/h2-14H,15H2,1H3,(H,25,26). The molecule has 4 nitrogen and oxygen atoms in total. The molecule has 0 fully saturated rings. The summed E-state index contributed by atoms with van der Waals surface area (Å²) in [6.45, 7) is 1.83. The van der Waals surface area contributed by atoms with E-state index in [1.54, 1.807) is 6.21 Å². The molecule has 1 N–H and O–H groups in total. The number of nitrogens with one attached hydrogen (secondary N) is 1. The molecule has 3 rings (SSSR count). The van der Waals surface area contributed by atoms with Crippen LogP contribution >= 0.6 is 11.6 Å². The zero-order valence-corrected chi connectivity index (χ0v) is 15.6. The van der Waals surface area contributed by atoms with Gasteiger partial charge in [0.2, 0.25) is 0 Å². The Morgan fingerprint density at radius 1 is 1.04 bits per heavy atom. The molecule has 0 aliphatic carbocycles. The third-order valence-corrected chi connectivity index (χ3v) is 4.33. The van der Waals surface area contributed by atoms with Crippen molar-refractivity contribution < 1.29 is 9.53 Å². The van der Waals surface area contributed by atoms with E-state index < -0.39 is 0 Å². The third-order valence-electron chi connectivity index (χ3n) is 3.92. The molecule has 27 heavy (non-hydrogen) atoms. The van der Waals surface area contributed by atoms with Crippen LogP contribution in [0.3, 0.4) is 0 Å². The van der Waals surface area contributed by atoms with Gasteiger partial charge >= 0.3 is 0 Å². The summed E-state index contributed by atoms with van der Waals surface area (Å²) >= 11 is 6.13. The van der Waals surface area contributed by atoms with Crippen molar-refractivity contribution in [1.29, 1.82) is 0 Å². The Bertz CT molecular complexity index is 956. The summed E-state index contributed by atoms with van der Waals surface area (Å²) in [5.41, 5.74) is 3.22. The molecule has 0 heterocycles. The van der Waals surface area contributed by atoms with Crippen LogP contribution in [0, 0.1) is 6.92 Å². The highest BCUT2D eigenvalue weighted by Gasteiger charge is 2.06. The van der Waals surface area contributed by atoms with Crippen molar-refractivity contribution in [2.45, 2.75) is 6.92 Å². The molecule has 0 unspecified atom stereocenters. The fourth-order valence-electron chi connectivity index (χ4n) is 2.46. The molecule has 1 amide bonds. The number of ether oxygens (including phenoxy) is 1. The first-order chi connectivity index (χ1) is 13.1. The second kappa shape index (κ2) is 9.01. The molecule has 0 bridgehead atoms. The van der Waals surface area contributed by atoms with Gasteiger partial charge in [-0.2, -0.15) is 0 Å². The highest BCUT2D eigenvalue weighted by Crippen LogP contribution is 2.26. The fourth-order valence-corrected chi connectivity index (χ4v) is 2.63. The van der Waals surface area contributed by atoms with Crippen molar-refractivity contribution in [2.24, 2.45) is 4.99 Å². The lowest BCUT2D eigenvalue weighted by Crippen LogP contribution is -2.20. The summed E-state index contributed by atoms with van der Waals surface area (Å²) in [5.74, 6) is 0.364. The number of carbonyl (C=O) groups excluding carboxylic acids is 1. The molecule has 0 spiro atoms. The Morgan fingerprint density at radius 2 is 1.78 bits per heavy atom. The van der Waals surface area contributed by atoms with E-state index in [2.05, 4.69) is 10.3 Å². The van der Waals surface area contributed by atoms with E-state index >= 15 is 0 Å². The number of nitrogens with zero attached hydrogens (tertiary/aromatic N) is 1. The molecular formula is C22H19ClN2O2. The van der Waals surface area contributed by atoms with Crippen molar-refractivity contribution in [3.05, 3.63) is 88.9 Å². The average molecular weight is 379 g/mol. The third kappa shape index (κ3) is 5.19. The normalized spacial score (nSPS) is 10.7.